The number of piperazine rings is 1. The van der Waals surface area contributed by atoms with Crippen LogP contribution in [-0.4, -0.2) is 55.7 Å². The third-order valence-electron chi connectivity index (χ3n) is 7.29. The van der Waals surface area contributed by atoms with Gasteiger partial charge in [-0.25, -0.2) is 4.98 Å². The van der Waals surface area contributed by atoms with Crippen LogP contribution in [0.3, 0.4) is 0 Å². The van der Waals surface area contributed by atoms with Crippen LogP contribution >= 0.6 is 0 Å². The minimum Gasteiger partial charge on any atom is -0.406 e. The number of aromatic nitrogens is 1. The molecule has 4 rings (SSSR count). The third kappa shape index (κ3) is 9.44. The van der Waals surface area contributed by atoms with Crippen LogP contribution in [0.25, 0.3) is 0 Å². The molecule has 230 valence electrons. The van der Waals surface area contributed by atoms with E-state index in [1.165, 1.54) is 17.8 Å². The molecule has 2 N–H and O–H groups in total. The van der Waals surface area contributed by atoms with Gasteiger partial charge in [0.05, 0.1) is 6.04 Å². The molecule has 0 spiro atoms. The van der Waals surface area contributed by atoms with Crippen LogP contribution in [0.1, 0.15) is 50.8 Å². The number of alkyl halides is 3. The van der Waals surface area contributed by atoms with E-state index in [0.717, 1.165) is 24.2 Å². The zero-order valence-corrected chi connectivity index (χ0v) is 24.8. The normalized spacial score (nSPS) is 17.7. The maximum absolute atomic E-state index is 12.9. The predicted octanol–water partition coefficient (Wildman–Crippen LogP) is 6.16. The van der Waals surface area contributed by atoms with Crippen molar-refractivity contribution in [3.05, 3.63) is 78.0 Å². The molecule has 0 saturated carbocycles. The van der Waals surface area contributed by atoms with Crippen LogP contribution in [0.5, 0.6) is 5.75 Å². The van der Waals surface area contributed by atoms with Gasteiger partial charge < -0.3 is 25.2 Å². The quantitative estimate of drug-likeness (QED) is 0.244. The van der Waals surface area contributed by atoms with Crippen molar-refractivity contribution in [2.45, 2.75) is 64.6 Å². The summed E-state index contributed by atoms with van der Waals surface area (Å²) in [5.41, 5.74) is 3.53. The number of carbonyl (C=O) groups excluding carboxylic acids is 1. The van der Waals surface area contributed by atoms with Crippen molar-refractivity contribution in [1.82, 2.24) is 15.6 Å². The molecule has 0 aliphatic carbocycles. The summed E-state index contributed by atoms with van der Waals surface area (Å²) in [5.74, 6) is 0.218. The topological polar surface area (TPSA) is 82.1 Å². The summed E-state index contributed by atoms with van der Waals surface area (Å²) in [7, 11) is 0. The summed E-state index contributed by atoms with van der Waals surface area (Å²) in [5, 5.41) is 6.64. The molecule has 1 aliphatic rings. The lowest BCUT2D eigenvalue weighted by atomic mass is 10.1. The molecule has 1 aliphatic heterocycles. The highest BCUT2D eigenvalue weighted by atomic mass is 19.4. The number of halogens is 3. The van der Waals surface area contributed by atoms with Gasteiger partial charge in [0.2, 0.25) is 5.91 Å². The Morgan fingerprint density at radius 1 is 1.14 bits per heavy atom. The van der Waals surface area contributed by atoms with Crippen LogP contribution in [0.4, 0.5) is 30.4 Å². The fraction of sp³-hybridized carbons (Fsp3) is 0.406. The minimum atomic E-state index is -4.75. The summed E-state index contributed by atoms with van der Waals surface area (Å²) in [6.07, 6.45) is -2.30. The lowest BCUT2D eigenvalue weighted by Gasteiger charge is -2.37. The van der Waals surface area contributed by atoms with Gasteiger partial charge in [-0.15, -0.1) is 13.2 Å². The van der Waals surface area contributed by atoms with Crippen LogP contribution in [0.15, 0.2) is 71.9 Å². The molecular weight excluding hydrogens is 557 g/mol. The average Bonchev–Trinajstić information content (AvgIpc) is 2.96. The lowest BCUT2D eigenvalue weighted by molar-refractivity contribution is -0.274. The Hall–Kier alpha value is -4.12. The van der Waals surface area contributed by atoms with E-state index in [1.807, 2.05) is 11.8 Å². The Morgan fingerprint density at radius 3 is 2.44 bits per heavy atom. The fourth-order valence-electron chi connectivity index (χ4n) is 5.37. The zero-order chi connectivity index (χ0) is 31.0. The zero-order valence-electron chi connectivity index (χ0n) is 24.8. The number of ether oxygens (including phenoxy) is 1. The molecule has 1 amide bonds. The van der Waals surface area contributed by atoms with Gasteiger partial charge in [-0.3, -0.25) is 9.79 Å². The summed E-state index contributed by atoms with van der Waals surface area (Å²) in [6.45, 7) is 12.7. The average molecular weight is 597 g/mol. The molecule has 3 aromatic rings. The number of nitrogens with one attached hydrogen (secondary N) is 2. The van der Waals surface area contributed by atoms with Gasteiger partial charge in [-0.05, 0) is 81.4 Å². The first-order valence-electron chi connectivity index (χ1n) is 14.4. The molecular formula is C32H39F3N6O2. The lowest BCUT2D eigenvalue weighted by Crippen LogP contribution is -2.54. The standard InChI is InChI=1S/C32H39F3N6O2/c1-22-19-41(20-23(2)38-22)27-13-11-26(12-14-27)24(3)39-30(42)8-6-18-40(31-29(36-4)7-5-17-37-31)21-25-9-15-28(16-10-25)43-32(33,34)35/h5,7,9-17,22-24,38H,4,6,8,18-21H2,1-3H3,(H,39,42). The minimum absolute atomic E-state index is 0.0713. The summed E-state index contributed by atoms with van der Waals surface area (Å²) in [6, 6.07) is 18.3. The highest BCUT2D eigenvalue weighted by Gasteiger charge is 2.31. The number of aliphatic imine (C=N–C) groups is 1. The molecule has 43 heavy (non-hydrogen) atoms. The Morgan fingerprint density at radius 2 is 1.81 bits per heavy atom. The molecule has 2 aromatic carbocycles. The first-order valence-corrected chi connectivity index (χ1v) is 14.4. The van der Waals surface area contributed by atoms with Gasteiger partial charge in [0, 0.05) is 56.6 Å². The van der Waals surface area contributed by atoms with E-state index in [4.69, 9.17) is 0 Å². The smallest absolute Gasteiger partial charge is 0.406 e. The van der Waals surface area contributed by atoms with E-state index in [0.29, 0.717) is 43.1 Å². The van der Waals surface area contributed by atoms with Gasteiger partial charge in [-0.1, -0.05) is 24.3 Å². The number of pyridine rings is 1. The molecule has 1 aromatic heterocycles. The number of rotatable bonds is 12. The number of amides is 1. The van der Waals surface area contributed by atoms with Crippen molar-refractivity contribution in [2.24, 2.45) is 4.99 Å². The van der Waals surface area contributed by atoms with Crippen molar-refractivity contribution in [3.8, 4) is 5.75 Å². The van der Waals surface area contributed by atoms with E-state index < -0.39 is 6.36 Å². The molecule has 3 atom stereocenters. The maximum atomic E-state index is 12.9. The number of benzene rings is 2. The molecule has 8 nitrogen and oxygen atoms in total. The monoisotopic (exact) mass is 596 g/mol. The molecule has 0 radical (unpaired) electrons. The van der Waals surface area contributed by atoms with E-state index in [9.17, 15) is 18.0 Å². The molecule has 3 unspecified atom stereocenters. The molecule has 2 heterocycles. The van der Waals surface area contributed by atoms with Gasteiger partial charge in [-0.2, -0.15) is 0 Å². The van der Waals surface area contributed by atoms with E-state index in [2.05, 4.69) is 75.1 Å². The summed E-state index contributed by atoms with van der Waals surface area (Å²) in [4.78, 5) is 25.7. The summed E-state index contributed by atoms with van der Waals surface area (Å²) < 4.78 is 41.6. The predicted molar refractivity (Wildman–Crippen MR) is 164 cm³/mol. The van der Waals surface area contributed by atoms with Crippen molar-refractivity contribution in [3.63, 3.8) is 0 Å². The van der Waals surface area contributed by atoms with E-state index in [1.54, 1.807) is 30.5 Å². The number of hydrogen-bond acceptors (Lipinski definition) is 7. The SMILES string of the molecule is C=Nc1cccnc1N(CCCC(=O)NC(C)c1ccc(N2CC(C)NC(C)C2)cc1)Cc1ccc(OC(F)(F)F)cc1. The highest BCUT2D eigenvalue weighted by Crippen LogP contribution is 2.28. The first kappa shape index (κ1) is 31.8. The van der Waals surface area contributed by atoms with Gasteiger partial charge in [0.25, 0.3) is 0 Å². The Bertz CT molecular complexity index is 1340. The van der Waals surface area contributed by atoms with Gasteiger partial charge >= 0.3 is 6.36 Å². The number of hydrogen-bond donors (Lipinski definition) is 2. The Balaban J connectivity index is 1.34. The van der Waals surface area contributed by atoms with E-state index in [-0.39, 0.29) is 24.1 Å². The Labute approximate surface area is 251 Å². The van der Waals surface area contributed by atoms with Crippen LogP contribution in [0.2, 0.25) is 0 Å². The molecule has 1 saturated heterocycles. The second-order valence-corrected chi connectivity index (χ2v) is 11.0. The second-order valence-electron chi connectivity index (χ2n) is 11.0. The van der Waals surface area contributed by atoms with Crippen molar-refractivity contribution >= 4 is 29.8 Å². The van der Waals surface area contributed by atoms with Crippen molar-refractivity contribution in [1.29, 1.82) is 0 Å². The van der Waals surface area contributed by atoms with Crippen molar-refractivity contribution < 1.29 is 22.7 Å². The second kappa shape index (κ2) is 14.4. The number of nitrogens with zero attached hydrogens (tertiary/aromatic N) is 4. The van der Waals surface area contributed by atoms with Crippen LogP contribution in [-0.2, 0) is 11.3 Å². The largest absolute Gasteiger partial charge is 0.573 e. The fourth-order valence-corrected chi connectivity index (χ4v) is 5.37. The Kier molecular flexibility index (Phi) is 10.6. The number of carbonyl (C=O) groups is 1. The van der Waals surface area contributed by atoms with Gasteiger partial charge in [0.15, 0.2) is 5.82 Å². The molecule has 0 bridgehead atoms. The number of anilines is 2. The third-order valence-corrected chi connectivity index (χ3v) is 7.29. The van der Waals surface area contributed by atoms with Crippen LogP contribution < -0.4 is 25.2 Å². The molecule has 1 fully saturated rings. The molecule has 11 heteroatoms. The maximum Gasteiger partial charge on any atom is 0.573 e. The first-order chi connectivity index (χ1) is 20.5. The van der Waals surface area contributed by atoms with E-state index >= 15 is 0 Å². The summed E-state index contributed by atoms with van der Waals surface area (Å²) >= 11 is 0. The van der Waals surface area contributed by atoms with Crippen molar-refractivity contribution in [2.75, 3.05) is 29.4 Å². The van der Waals surface area contributed by atoms with Gasteiger partial charge in [0.1, 0.15) is 11.4 Å². The van der Waals surface area contributed by atoms with Crippen LogP contribution in [0, 0.1) is 0 Å². The highest BCUT2D eigenvalue weighted by molar-refractivity contribution is 5.76.